The first kappa shape index (κ1) is 19.7. The fourth-order valence-electron chi connectivity index (χ4n) is 4.83. The minimum absolute atomic E-state index is 0.0992. The molecule has 2 fully saturated rings. The van der Waals surface area contributed by atoms with Gasteiger partial charge >= 0.3 is 6.03 Å². The molecule has 2 saturated heterocycles. The maximum atomic E-state index is 12.9. The molecule has 3 atom stereocenters. The van der Waals surface area contributed by atoms with E-state index in [9.17, 15) is 4.79 Å². The zero-order chi connectivity index (χ0) is 20.4. The van der Waals surface area contributed by atoms with Gasteiger partial charge in [-0.1, -0.05) is 18.2 Å². The number of hydrogen-bond acceptors (Lipinski definition) is 4. The number of ether oxygens (including phenoxy) is 1. The Morgan fingerprint density at radius 1 is 1.17 bits per heavy atom. The standard InChI is InChI=1S/C23H30N4O2/c1-25(2)23(28)27-15-19-14-26(12-10-17-5-4-11-24-13-17)16-21(19)22(27)18-6-8-20(29-3)9-7-18/h4-9,11,13,19,21-22H,10,12,14-16H2,1-3H3/t19-,21-,22+/m1/s1. The van der Waals surface area contributed by atoms with Crippen LogP contribution < -0.4 is 4.74 Å². The largest absolute Gasteiger partial charge is 0.497 e. The van der Waals surface area contributed by atoms with Gasteiger partial charge in [0.1, 0.15) is 5.75 Å². The zero-order valence-electron chi connectivity index (χ0n) is 17.5. The molecule has 4 rings (SSSR count). The average Bonchev–Trinajstić information content (AvgIpc) is 3.30. The first-order valence-electron chi connectivity index (χ1n) is 10.3. The summed E-state index contributed by atoms with van der Waals surface area (Å²) in [5, 5.41) is 0. The van der Waals surface area contributed by atoms with Gasteiger partial charge < -0.3 is 19.4 Å². The minimum atomic E-state index is 0.0992. The molecule has 2 amide bonds. The van der Waals surface area contributed by atoms with Crippen molar-refractivity contribution in [3.63, 3.8) is 0 Å². The second-order valence-corrected chi connectivity index (χ2v) is 8.34. The molecule has 0 N–H and O–H groups in total. The van der Waals surface area contributed by atoms with E-state index in [-0.39, 0.29) is 12.1 Å². The van der Waals surface area contributed by atoms with Gasteiger partial charge in [0, 0.05) is 58.6 Å². The van der Waals surface area contributed by atoms with Crippen LogP contribution in [0.1, 0.15) is 17.2 Å². The van der Waals surface area contributed by atoms with E-state index in [2.05, 4.69) is 33.0 Å². The normalized spacial score (nSPS) is 23.8. The Hall–Kier alpha value is -2.60. The van der Waals surface area contributed by atoms with Crippen LogP contribution in [0.25, 0.3) is 0 Å². The highest BCUT2D eigenvalue weighted by molar-refractivity contribution is 5.75. The van der Waals surface area contributed by atoms with Gasteiger partial charge in [0.2, 0.25) is 0 Å². The van der Waals surface area contributed by atoms with E-state index in [4.69, 9.17) is 4.74 Å². The van der Waals surface area contributed by atoms with Crippen LogP contribution in [-0.4, -0.2) is 73.1 Å². The van der Waals surface area contributed by atoms with E-state index >= 15 is 0 Å². The highest BCUT2D eigenvalue weighted by Crippen LogP contribution is 2.45. The molecular formula is C23H30N4O2. The summed E-state index contributed by atoms with van der Waals surface area (Å²) in [6.07, 6.45) is 4.79. The van der Waals surface area contributed by atoms with Crippen molar-refractivity contribution in [2.45, 2.75) is 12.5 Å². The van der Waals surface area contributed by atoms with Gasteiger partial charge in [-0.3, -0.25) is 4.98 Å². The van der Waals surface area contributed by atoms with E-state index in [0.717, 1.165) is 38.3 Å². The lowest BCUT2D eigenvalue weighted by Crippen LogP contribution is -2.41. The Bertz CT molecular complexity index is 825. The van der Waals surface area contributed by atoms with Gasteiger partial charge in [-0.25, -0.2) is 4.79 Å². The van der Waals surface area contributed by atoms with Gasteiger partial charge in [0.15, 0.2) is 0 Å². The molecule has 0 aliphatic carbocycles. The smallest absolute Gasteiger partial charge is 0.320 e. The quantitative estimate of drug-likeness (QED) is 0.782. The number of aromatic nitrogens is 1. The number of carbonyl (C=O) groups excluding carboxylic acids is 1. The van der Waals surface area contributed by atoms with E-state index in [0.29, 0.717) is 11.8 Å². The molecule has 2 aliphatic rings. The van der Waals surface area contributed by atoms with Crippen LogP contribution >= 0.6 is 0 Å². The molecule has 1 aromatic carbocycles. The third-order valence-electron chi connectivity index (χ3n) is 6.26. The number of amides is 2. The molecule has 154 valence electrons. The second kappa shape index (κ2) is 8.41. The lowest BCUT2D eigenvalue weighted by Gasteiger charge is -2.32. The van der Waals surface area contributed by atoms with Crippen molar-refractivity contribution in [1.29, 1.82) is 0 Å². The number of benzene rings is 1. The van der Waals surface area contributed by atoms with Gasteiger partial charge in [0.05, 0.1) is 13.2 Å². The second-order valence-electron chi connectivity index (χ2n) is 8.34. The number of nitrogens with zero attached hydrogens (tertiary/aromatic N) is 4. The van der Waals surface area contributed by atoms with Crippen LogP contribution in [0.3, 0.4) is 0 Å². The lowest BCUT2D eigenvalue weighted by molar-refractivity contribution is 0.152. The topological polar surface area (TPSA) is 48.9 Å². The molecule has 0 radical (unpaired) electrons. The van der Waals surface area contributed by atoms with Gasteiger partial charge in [-0.2, -0.15) is 0 Å². The fraction of sp³-hybridized carbons (Fsp3) is 0.478. The van der Waals surface area contributed by atoms with Gasteiger partial charge in [-0.05, 0) is 41.7 Å². The van der Waals surface area contributed by atoms with E-state index in [1.165, 1.54) is 11.1 Å². The van der Waals surface area contributed by atoms with Crippen molar-refractivity contribution in [1.82, 2.24) is 19.7 Å². The van der Waals surface area contributed by atoms with Crippen molar-refractivity contribution in [3.8, 4) is 5.75 Å². The van der Waals surface area contributed by atoms with Gasteiger partial charge in [0.25, 0.3) is 0 Å². The van der Waals surface area contributed by atoms with Crippen LogP contribution in [0.2, 0.25) is 0 Å². The molecule has 29 heavy (non-hydrogen) atoms. The summed E-state index contributed by atoms with van der Waals surface area (Å²) in [5.41, 5.74) is 2.48. The van der Waals surface area contributed by atoms with E-state index < -0.39 is 0 Å². The maximum absolute atomic E-state index is 12.9. The molecule has 3 heterocycles. The Morgan fingerprint density at radius 3 is 2.62 bits per heavy atom. The van der Waals surface area contributed by atoms with Gasteiger partial charge in [-0.15, -0.1) is 0 Å². The monoisotopic (exact) mass is 394 g/mol. The summed E-state index contributed by atoms with van der Waals surface area (Å²) in [4.78, 5) is 23.4. The van der Waals surface area contributed by atoms with Crippen molar-refractivity contribution >= 4 is 6.03 Å². The molecule has 0 spiro atoms. The molecule has 1 aromatic heterocycles. The summed E-state index contributed by atoms with van der Waals surface area (Å²) in [6.45, 7) is 3.94. The number of methoxy groups -OCH3 is 1. The Labute approximate surface area is 173 Å². The number of likely N-dealkylation sites (tertiary alicyclic amines) is 2. The Morgan fingerprint density at radius 2 is 1.97 bits per heavy atom. The summed E-state index contributed by atoms with van der Waals surface area (Å²) < 4.78 is 5.32. The summed E-state index contributed by atoms with van der Waals surface area (Å²) in [7, 11) is 5.35. The summed E-state index contributed by atoms with van der Waals surface area (Å²) >= 11 is 0. The van der Waals surface area contributed by atoms with Crippen molar-refractivity contribution in [2.75, 3.05) is 47.4 Å². The average molecular weight is 395 g/mol. The Balaban J connectivity index is 1.50. The first-order chi connectivity index (χ1) is 14.1. The molecule has 0 bridgehead atoms. The molecule has 0 unspecified atom stereocenters. The van der Waals surface area contributed by atoms with Crippen LogP contribution in [0.4, 0.5) is 4.79 Å². The highest BCUT2D eigenvalue weighted by atomic mass is 16.5. The zero-order valence-corrected chi connectivity index (χ0v) is 17.5. The molecule has 2 aliphatic heterocycles. The third kappa shape index (κ3) is 4.08. The number of pyridine rings is 1. The molecule has 6 nitrogen and oxygen atoms in total. The number of urea groups is 1. The van der Waals surface area contributed by atoms with E-state index in [1.807, 2.05) is 44.7 Å². The van der Waals surface area contributed by atoms with Crippen molar-refractivity contribution < 1.29 is 9.53 Å². The SMILES string of the molecule is COc1ccc([C@H]2[C@@H]3CN(CCc4cccnc4)C[C@@H]3CN2C(=O)N(C)C)cc1. The number of carbonyl (C=O) groups is 1. The fourth-order valence-corrected chi connectivity index (χ4v) is 4.83. The predicted octanol–water partition coefficient (Wildman–Crippen LogP) is 2.92. The first-order valence-corrected chi connectivity index (χ1v) is 10.3. The van der Waals surface area contributed by atoms with Crippen molar-refractivity contribution in [3.05, 3.63) is 59.9 Å². The van der Waals surface area contributed by atoms with Crippen molar-refractivity contribution in [2.24, 2.45) is 11.8 Å². The van der Waals surface area contributed by atoms with Crippen LogP contribution in [-0.2, 0) is 6.42 Å². The summed E-state index contributed by atoms with van der Waals surface area (Å²) in [6, 6.07) is 12.6. The maximum Gasteiger partial charge on any atom is 0.320 e. The van der Waals surface area contributed by atoms with Crippen LogP contribution in [0.15, 0.2) is 48.8 Å². The highest BCUT2D eigenvalue weighted by Gasteiger charge is 2.49. The number of rotatable bonds is 5. The van der Waals surface area contributed by atoms with Crippen LogP contribution in [0.5, 0.6) is 5.75 Å². The van der Waals surface area contributed by atoms with Crippen LogP contribution in [0, 0.1) is 11.8 Å². The number of fused-ring (bicyclic) bond motifs is 1. The summed E-state index contributed by atoms with van der Waals surface area (Å²) in [5.74, 6) is 1.82. The molecule has 2 aromatic rings. The molecule has 0 saturated carbocycles. The molecule has 6 heteroatoms. The van der Waals surface area contributed by atoms with E-state index in [1.54, 1.807) is 12.0 Å². The molecular weight excluding hydrogens is 364 g/mol. The number of hydrogen-bond donors (Lipinski definition) is 0. The Kier molecular flexibility index (Phi) is 5.72. The predicted molar refractivity (Wildman–Crippen MR) is 113 cm³/mol. The minimum Gasteiger partial charge on any atom is -0.497 e. The third-order valence-corrected chi connectivity index (χ3v) is 6.26. The lowest BCUT2D eigenvalue weighted by atomic mass is 9.89.